The molecule has 2 aromatic rings. The molecule has 1 aromatic carbocycles. The molecule has 1 N–H and O–H groups in total. The Morgan fingerprint density at radius 2 is 1.96 bits per heavy atom. The highest BCUT2D eigenvalue weighted by atomic mass is 16.1. The number of hydrogen-bond acceptors (Lipinski definition) is 4. The van der Waals surface area contributed by atoms with Crippen molar-refractivity contribution in [3.8, 4) is 6.07 Å². The first-order valence-corrected chi connectivity index (χ1v) is 8.20. The van der Waals surface area contributed by atoms with E-state index < -0.39 is 0 Å². The monoisotopic (exact) mass is 322 g/mol. The van der Waals surface area contributed by atoms with Gasteiger partial charge in [0.25, 0.3) is 5.91 Å². The van der Waals surface area contributed by atoms with Crippen molar-refractivity contribution >= 4 is 17.4 Å². The molecule has 0 saturated heterocycles. The van der Waals surface area contributed by atoms with E-state index in [4.69, 9.17) is 5.26 Å². The van der Waals surface area contributed by atoms with Gasteiger partial charge in [-0.1, -0.05) is 19.9 Å². The lowest BCUT2D eigenvalue weighted by Gasteiger charge is -2.22. The zero-order chi connectivity index (χ0) is 17.4. The van der Waals surface area contributed by atoms with Crippen molar-refractivity contribution in [3.05, 3.63) is 53.7 Å². The Hall–Kier alpha value is -2.87. The third-order valence-electron chi connectivity index (χ3n) is 3.57. The van der Waals surface area contributed by atoms with Crippen LogP contribution in [0.15, 0.2) is 42.6 Å². The average molecular weight is 322 g/mol. The van der Waals surface area contributed by atoms with Crippen LogP contribution in [0.1, 0.15) is 42.6 Å². The molecule has 5 nitrogen and oxygen atoms in total. The van der Waals surface area contributed by atoms with Crippen LogP contribution in [0, 0.1) is 11.3 Å². The van der Waals surface area contributed by atoms with Gasteiger partial charge in [-0.2, -0.15) is 5.26 Å². The van der Waals surface area contributed by atoms with Gasteiger partial charge in [0, 0.05) is 25.0 Å². The SMILES string of the molecule is CCCN(CCC)c1ccc(C(=O)Nc2cccc(C#N)c2)cn1. The number of nitrogens with one attached hydrogen (secondary N) is 1. The second kappa shape index (κ2) is 8.68. The number of pyridine rings is 1. The van der Waals surface area contributed by atoms with Gasteiger partial charge in [-0.25, -0.2) is 4.98 Å². The van der Waals surface area contributed by atoms with Crippen LogP contribution in [0.5, 0.6) is 0 Å². The number of hydrogen-bond donors (Lipinski definition) is 1. The molecule has 0 radical (unpaired) electrons. The molecule has 1 amide bonds. The minimum Gasteiger partial charge on any atom is -0.357 e. The molecule has 0 atom stereocenters. The van der Waals surface area contributed by atoms with Gasteiger partial charge >= 0.3 is 0 Å². The Morgan fingerprint density at radius 3 is 2.54 bits per heavy atom. The minimum absolute atomic E-state index is 0.235. The summed E-state index contributed by atoms with van der Waals surface area (Å²) in [6.07, 6.45) is 3.70. The Kier molecular flexibility index (Phi) is 6.32. The summed E-state index contributed by atoms with van der Waals surface area (Å²) >= 11 is 0. The van der Waals surface area contributed by atoms with E-state index in [2.05, 4.69) is 35.1 Å². The fraction of sp³-hybridized carbons (Fsp3) is 0.316. The Labute approximate surface area is 142 Å². The standard InChI is InChI=1S/C19H22N4O/c1-3-10-23(11-4-2)18-9-8-16(14-21-18)19(24)22-17-7-5-6-15(12-17)13-20/h5-9,12,14H,3-4,10-11H2,1-2H3,(H,22,24). The van der Waals surface area contributed by atoms with Crippen molar-refractivity contribution in [2.45, 2.75) is 26.7 Å². The lowest BCUT2D eigenvalue weighted by atomic mass is 10.2. The smallest absolute Gasteiger partial charge is 0.257 e. The maximum atomic E-state index is 12.3. The Morgan fingerprint density at radius 1 is 1.21 bits per heavy atom. The van der Waals surface area contributed by atoms with E-state index in [1.807, 2.05) is 6.07 Å². The molecular formula is C19H22N4O. The van der Waals surface area contributed by atoms with Gasteiger partial charge in [0.15, 0.2) is 0 Å². The largest absolute Gasteiger partial charge is 0.357 e. The maximum absolute atomic E-state index is 12.3. The van der Waals surface area contributed by atoms with Crippen LogP contribution in [0.2, 0.25) is 0 Å². The zero-order valence-corrected chi connectivity index (χ0v) is 14.1. The first kappa shape index (κ1) is 17.5. The maximum Gasteiger partial charge on any atom is 0.257 e. The number of carbonyl (C=O) groups is 1. The molecule has 0 spiro atoms. The Balaban J connectivity index is 2.09. The predicted octanol–water partition coefficient (Wildman–Crippen LogP) is 3.83. The highest BCUT2D eigenvalue weighted by molar-refractivity contribution is 6.04. The van der Waals surface area contributed by atoms with E-state index in [-0.39, 0.29) is 5.91 Å². The van der Waals surface area contributed by atoms with Crippen LogP contribution < -0.4 is 10.2 Å². The summed E-state index contributed by atoms with van der Waals surface area (Å²) in [5, 5.41) is 11.7. The minimum atomic E-state index is -0.235. The van der Waals surface area contributed by atoms with Crippen molar-refractivity contribution in [1.82, 2.24) is 4.98 Å². The molecule has 0 unspecified atom stereocenters. The molecule has 124 valence electrons. The van der Waals surface area contributed by atoms with Gasteiger partial charge in [0.2, 0.25) is 0 Å². The van der Waals surface area contributed by atoms with Gasteiger partial charge in [-0.3, -0.25) is 4.79 Å². The summed E-state index contributed by atoms with van der Waals surface area (Å²) in [5.41, 5.74) is 1.60. The number of anilines is 2. The number of benzene rings is 1. The van der Waals surface area contributed by atoms with Crippen molar-refractivity contribution in [3.63, 3.8) is 0 Å². The third-order valence-corrected chi connectivity index (χ3v) is 3.57. The first-order valence-electron chi connectivity index (χ1n) is 8.20. The van der Waals surface area contributed by atoms with Gasteiger partial charge in [0.1, 0.15) is 5.82 Å². The summed E-state index contributed by atoms with van der Waals surface area (Å²) in [5.74, 6) is 0.656. The van der Waals surface area contributed by atoms with Crippen LogP contribution in [0.3, 0.4) is 0 Å². The summed E-state index contributed by atoms with van der Waals surface area (Å²) < 4.78 is 0. The highest BCUT2D eigenvalue weighted by Gasteiger charge is 2.10. The normalized spacial score (nSPS) is 10.0. The predicted molar refractivity (Wildman–Crippen MR) is 96.1 cm³/mol. The quantitative estimate of drug-likeness (QED) is 0.841. The molecule has 0 aliphatic heterocycles. The van der Waals surface area contributed by atoms with Crippen LogP contribution in [0.25, 0.3) is 0 Å². The number of amides is 1. The number of nitrogens with zero attached hydrogens (tertiary/aromatic N) is 3. The summed E-state index contributed by atoms with van der Waals surface area (Å²) in [6, 6.07) is 12.6. The number of nitriles is 1. The van der Waals surface area contributed by atoms with E-state index in [1.165, 1.54) is 0 Å². The second-order valence-electron chi connectivity index (χ2n) is 5.54. The summed E-state index contributed by atoms with van der Waals surface area (Å²) in [7, 11) is 0. The van der Waals surface area contributed by atoms with E-state index in [0.717, 1.165) is 31.7 Å². The van der Waals surface area contributed by atoms with Gasteiger partial charge in [0.05, 0.1) is 17.2 Å². The molecule has 2 rings (SSSR count). The lowest BCUT2D eigenvalue weighted by Crippen LogP contribution is -2.26. The number of rotatable bonds is 7. The van der Waals surface area contributed by atoms with E-state index >= 15 is 0 Å². The molecular weight excluding hydrogens is 300 g/mol. The highest BCUT2D eigenvalue weighted by Crippen LogP contribution is 2.15. The molecule has 0 aliphatic rings. The van der Waals surface area contributed by atoms with Gasteiger partial charge in [-0.05, 0) is 43.2 Å². The fourth-order valence-corrected chi connectivity index (χ4v) is 2.46. The summed E-state index contributed by atoms with van der Waals surface area (Å²) in [6.45, 7) is 6.18. The summed E-state index contributed by atoms with van der Waals surface area (Å²) in [4.78, 5) is 18.9. The van der Waals surface area contributed by atoms with E-state index in [1.54, 1.807) is 36.5 Å². The van der Waals surface area contributed by atoms with E-state index in [0.29, 0.717) is 16.8 Å². The third kappa shape index (κ3) is 4.56. The molecule has 0 saturated carbocycles. The lowest BCUT2D eigenvalue weighted by molar-refractivity contribution is 0.102. The topological polar surface area (TPSA) is 69.0 Å². The van der Waals surface area contributed by atoms with Gasteiger partial charge in [-0.15, -0.1) is 0 Å². The molecule has 1 heterocycles. The fourth-order valence-electron chi connectivity index (χ4n) is 2.46. The Bertz CT molecular complexity index is 713. The van der Waals surface area contributed by atoms with Crippen LogP contribution in [-0.4, -0.2) is 24.0 Å². The molecule has 0 bridgehead atoms. The van der Waals surface area contributed by atoms with Crippen molar-refractivity contribution in [2.75, 3.05) is 23.3 Å². The molecule has 5 heteroatoms. The van der Waals surface area contributed by atoms with Crippen molar-refractivity contribution in [1.29, 1.82) is 5.26 Å². The van der Waals surface area contributed by atoms with Crippen molar-refractivity contribution in [2.24, 2.45) is 0 Å². The number of aromatic nitrogens is 1. The average Bonchev–Trinajstić information content (AvgIpc) is 2.62. The van der Waals surface area contributed by atoms with Gasteiger partial charge < -0.3 is 10.2 Å². The molecule has 24 heavy (non-hydrogen) atoms. The van der Waals surface area contributed by atoms with Crippen LogP contribution >= 0.6 is 0 Å². The second-order valence-corrected chi connectivity index (χ2v) is 5.54. The van der Waals surface area contributed by atoms with Crippen molar-refractivity contribution < 1.29 is 4.79 Å². The zero-order valence-electron chi connectivity index (χ0n) is 14.1. The molecule has 0 fully saturated rings. The first-order chi connectivity index (χ1) is 11.7. The van der Waals surface area contributed by atoms with E-state index in [9.17, 15) is 4.79 Å². The van der Waals surface area contributed by atoms with Crippen LogP contribution in [0.4, 0.5) is 11.5 Å². The molecule has 1 aromatic heterocycles. The van der Waals surface area contributed by atoms with Crippen LogP contribution in [-0.2, 0) is 0 Å². The molecule has 0 aliphatic carbocycles. The number of carbonyl (C=O) groups excluding carboxylic acids is 1.